The summed E-state index contributed by atoms with van der Waals surface area (Å²) in [6.45, 7) is 4.09. The van der Waals surface area contributed by atoms with E-state index in [9.17, 15) is 13.2 Å². The number of ether oxygens (including phenoxy) is 2. The Bertz CT molecular complexity index is 958. The molecule has 0 heterocycles. The molecule has 0 saturated heterocycles. The fourth-order valence-corrected chi connectivity index (χ4v) is 4.45. The molecule has 7 nitrogen and oxygen atoms in total. The predicted molar refractivity (Wildman–Crippen MR) is 119 cm³/mol. The molecule has 8 heteroatoms. The smallest absolute Gasteiger partial charge is 0.243 e. The number of methoxy groups -OCH3 is 2. The SMILES string of the molecule is CC[C@@H](C(=O)NCCc1ccc(OC)c(OC)c1)N(c1ccc(C)cc1)S(C)(=O)=O. The van der Waals surface area contributed by atoms with Crippen LogP contribution in [0.4, 0.5) is 5.69 Å². The summed E-state index contributed by atoms with van der Waals surface area (Å²) in [5, 5.41) is 2.86. The van der Waals surface area contributed by atoms with Gasteiger partial charge in [-0.05, 0) is 49.6 Å². The highest BCUT2D eigenvalue weighted by Crippen LogP contribution is 2.27. The van der Waals surface area contributed by atoms with Gasteiger partial charge < -0.3 is 14.8 Å². The van der Waals surface area contributed by atoms with Crippen molar-refractivity contribution in [3.63, 3.8) is 0 Å². The van der Waals surface area contributed by atoms with Gasteiger partial charge in [0.2, 0.25) is 15.9 Å². The lowest BCUT2D eigenvalue weighted by Gasteiger charge is -2.30. The standard InChI is InChI=1S/C22H30N2O5S/c1-6-19(24(30(5,26)27)18-10-7-16(2)8-11-18)22(25)23-14-13-17-9-12-20(28-3)21(15-17)29-4/h7-12,15,19H,6,13-14H2,1-5H3,(H,23,25)/t19-/m0/s1. The van der Waals surface area contributed by atoms with Crippen molar-refractivity contribution >= 4 is 21.6 Å². The van der Waals surface area contributed by atoms with E-state index in [4.69, 9.17) is 9.47 Å². The number of rotatable bonds is 10. The van der Waals surface area contributed by atoms with Crippen LogP contribution in [0.2, 0.25) is 0 Å². The van der Waals surface area contributed by atoms with Crippen LogP contribution in [0, 0.1) is 6.92 Å². The molecule has 2 rings (SSSR count). The average Bonchev–Trinajstić information content (AvgIpc) is 2.71. The van der Waals surface area contributed by atoms with Crippen LogP contribution in [-0.2, 0) is 21.2 Å². The van der Waals surface area contributed by atoms with E-state index in [1.54, 1.807) is 33.3 Å². The van der Waals surface area contributed by atoms with Crippen LogP contribution < -0.4 is 19.1 Å². The summed E-state index contributed by atoms with van der Waals surface area (Å²) in [6, 6.07) is 11.8. The van der Waals surface area contributed by atoms with Gasteiger partial charge in [0.15, 0.2) is 11.5 Å². The van der Waals surface area contributed by atoms with Crippen LogP contribution in [0.25, 0.3) is 0 Å². The van der Waals surface area contributed by atoms with Crippen molar-refractivity contribution in [2.75, 3.05) is 31.3 Å². The van der Waals surface area contributed by atoms with Crippen molar-refractivity contribution in [1.82, 2.24) is 5.32 Å². The number of carbonyl (C=O) groups excluding carboxylic acids is 1. The topological polar surface area (TPSA) is 84.9 Å². The van der Waals surface area contributed by atoms with Crippen LogP contribution >= 0.6 is 0 Å². The summed E-state index contributed by atoms with van der Waals surface area (Å²) in [6.07, 6.45) is 2.04. The minimum Gasteiger partial charge on any atom is -0.493 e. The van der Waals surface area contributed by atoms with Crippen LogP contribution in [0.1, 0.15) is 24.5 Å². The number of carbonyl (C=O) groups is 1. The number of sulfonamides is 1. The molecule has 1 amide bonds. The lowest BCUT2D eigenvalue weighted by Crippen LogP contribution is -2.49. The van der Waals surface area contributed by atoms with Gasteiger partial charge in [-0.1, -0.05) is 30.7 Å². The van der Waals surface area contributed by atoms with Gasteiger partial charge in [-0.3, -0.25) is 9.10 Å². The molecule has 0 aliphatic heterocycles. The van der Waals surface area contributed by atoms with E-state index in [0.717, 1.165) is 17.4 Å². The Hall–Kier alpha value is -2.74. The Kier molecular flexibility index (Phi) is 8.11. The van der Waals surface area contributed by atoms with Crippen LogP contribution in [0.15, 0.2) is 42.5 Å². The Balaban J connectivity index is 2.11. The van der Waals surface area contributed by atoms with Crippen molar-refractivity contribution in [3.05, 3.63) is 53.6 Å². The number of anilines is 1. The monoisotopic (exact) mass is 434 g/mol. The highest BCUT2D eigenvalue weighted by Gasteiger charge is 2.31. The third-order valence-corrected chi connectivity index (χ3v) is 5.96. The summed E-state index contributed by atoms with van der Waals surface area (Å²) >= 11 is 0. The third kappa shape index (κ3) is 5.89. The van der Waals surface area contributed by atoms with Crippen molar-refractivity contribution in [2.45, 2.75) is 32.7 Å². The van der Waals surface area contributed by atoms with Gasteiger partial charge in [0, 0.05) is 6.54 Å². The Morgan fingerprint density at radius 2 is 1.70 bits per heavy atom. The summed E-state index contributed by atoms with van der Waals surface area (Å²) in [7, 11) is -0.496. The normalized spacial score (nSPS) is 12.2. The zero-order valence-electron chi connectivity index (χ0n) is 18.1. The first-order valence-corrected chi connectivity index (χ1v) is 11.6. The van der Waals surface area contributed by atoms with E-state index < -0.39 is 16.1 Å². The molecule has 0 saturated carbocycles. The molecule has 0 unspecified atom stereocenters. The first kappa shape index (κ1) is 23.5. The molecule has 0 bridgehead atoms. The zero-order chi connectivity index (χ0) is 22.3. The summed E-state index contributed by atoms with van der Waals surface area (Å²) in [4.78, 5) is 12.9. The summed E-state index contributed by atoms with van der Waals surface area (Å²) in [5.74, 6) is 0.928. The molecule has 0 spiro atoms. The molecule has 164 valence electrons. The molecular weight excluding hydrogens is 404 g/mol. The van der Waals surface area contributed by atoms with Crippen LogP contribution in [0.3, 0.4) is 0 Å². The van der Waals surface area contributed by atoms with E-state index in [1.165, 1.54) is 4.31 Å². The van der Waals surface area contributed by atoms with Gasteiger partial charge in [0.05, 0.1) is 26.2 Å². The van der Waals surface area contributed by atoms with Crippen molar-refractivity contribution < 1.29 is 22.7 Å². The van der Waals surface area contributed by atoms with E-state index in [1.807, 2.05) is 37.3 Å². The lowest BCUT2D eigenvalue weighted by molar-refractivity contribution is -0.122. The molecule has 2 aromatic carbocycles. The maximum Gasteiger partial charge on any atom is 0.243 e. The van der Waals surface area contributed by atoms with Gasteiger partial charge >= 0.3 is 0 Å². The first-order valence-electron chi connectivity index (χ1n) is 9.76. The number of nitrogens with zero attached hydrogens (tertiary/aromatic N) is 1. The quantitative estimate of drug-likeness (QED) is 0.622. The van der Waals surface area contributed by atoms with Gasteiger partial charge in [0.25, 0.3) is 0 Å². The van der Waals surface area contributed by atoms with E-state index in [-0.39, 0.29) is 5.91 Å². The van der Waals surface area contributed by atoms with Gasteiger partial charge in [-0.15, -0.1) is 0 Å². The van der Waals surface area contributed by atoms with Crippen molar-refractivity contribution in [3.8, 4) is 11.5 Å². The maximum absolute atomic E-state index is 12.9. The Morgan fingerprint density at radius 3 is 2.23 bits per heavy atom. The minimum absolute atomic E-state index is 0.330. The Morgan fingerprint density at radius 1 is 1.07 bits per heavy atom. The molecule has 0 fully saturated rings. The second-order valence-electron chi connectivity index (χ2n) is 7.05. The molecule has 0 aliphatic rings. The number of amides is 1. The fourth-order valence-electron chi connectivity index (χ4n) is 3.24. The summed E-state index contributed by atoms with van der Waals surface area (Å²) in [5.41, 5.74) is 2.46. The molecule has 0 aliphatic carbocycles. The zero-order valence-corrected chi connectivity index (χ0v) is 19.0. The largest absolute Gasteiger partial charge is 0.493 e. The molecule has 0 aromatic heterocycles. The number of hydrogen-bond acceptors (Lipinski definition) is 5. The minimum atomic E-state index is -3.64. The second kappa shape index (κ2) is 10.3. The molecule has 1 N–H and O–H groups in total. The highest BCUT2D eigenvalue weighted by atomic mass is 32.2. The predicted octanol–water partition coefficient (Wildman–Crippen LogP) is 2.92. The summed E-state index contributed by atoms with van der Waals surface area (Å²) < 4.78 is 36.7. The van der Waals surface area contributed by atoms with Gasteiger partial charge in [-0.2, -0.15) is 0 Å². The highest BCUT2D eigenvalue weighted by molar-refractivity contribution is 7.92. The molecule has 2 aromatic rings. The average molecular weight is 435 g/mol. The van der Waals surface area contributed by atoms with Crippen molar-refractivity contribution in [2.24, 2.45) is 0 Å². The molecular formula is C22H30N2O5S. The molecule has 1 atom stereocenters. The fraction of sp³-hybridized carbons (Fsp3) is 0.409. The Labute approximate surface area is 179 Å². The number of benzene rings is 2. The van der Waals surface area contributed by atoms with Crippen LogP contribution in [0.5, 0.6) is 11.5 Å². The van der Waals surface area contributed by atoms with E-state index >= 15 is 0 Å². The number of nitrogens with one attached hydrogen (secondary N) is 1. The van der Waals surface area contributed by atoms with Gasteiger partial charge in [0.1, 0.15) is 6.04 Å². The first-order chi connectivity index (χ1) is 14.2. The lowest BCUT2D eigenvalue weighted by atomic mass is 10.1. The molecule has 30 heavy (non-hydrogen) atoms. The van der Waals surface area contributed by atoms with E-state index in [0.29, 0.717) is 36.6 Å². The number of hydrogen-bond donors (Lipinski definition) is 1. The van der Waals surface area contributed by atoms with E-state index in [2.05, 4.69) is 5.32 Å². The van der Waals surface area contributed by atoms with Crippen molar-refractivity contribution in [1.29, 1.82) is 0 Å². The van der Waals surface area contributed by atoms with Gasteiger partial charge in [-0.25, -0.2) is 8.42 Å². The molecule has 0 radical (unpaired) electrons. The second-order valence-corrected chi connectivity index (χ2v) is 8.91. The third-order valence-electron chi connectivity index (χ3n) is 4.78. The van der Waals surface area contributed by atoms with Crippen LogP contribution in [-0.4, -0.2) is 47.4 Å². The number of aryl methyl sites for hydroxylation is 1. The maximum atomic E-state index is 12.9.